The van der Waals surface area contributed by atoms with Gasteiger partial charge in [-0.25, -0.2) is 9.07 Å². The summed E-state index contributed by atoms with van der Waals surface area (Å²) < 4.78 is 14.4. The van der Waals surface area contributed by atoms with Crippen molar-refractivity contribution >= 4 is 17.3 Å². The molecule has 0 aliphatic rings. The fourth-order valence-corrected chi connectivity index (χ4v) is 2.05. The summed E-state index contributed by atoms with van der Waals surface area (Å²) in [5, 5.41) is 7.02. The molecule has 0 aliphatic carbocycles. The van der Waals surface area contributed by atoms with Crippen LogP contribution in [0.4, 0.5) is 10.1 Å². The molecule has 1 atom stereocenters. The Kier molecular flexibility index (Phi) is 4.61. The molecule has 1 heterocycles. The van der Waals surface area contributed by atoms with Gasteiger partial charge in [-0.15, -0.1) is 6.42 Å². The van der Waals surface area contributed by atoms with E-state index < -0.39 is 5.56 Å². The lowest BCUT2D eigenvalue weighted by molar-refractivity contribution is 0.623. The van der Waals surface area contributed by atoms with E-state index in [4.69, 9.17) is 18.0 Å². The van der Waals surface area contributed by atoms with E-state index in [0.717, 1.165) is 4.68 Å². The van der Waals surface area contributed by atoms with Crippen LogP contribution in [0, 0.1) is 18.2 Å². The molecule has 21 heavy (non-hydrogen) atoms. The zero-order chi connectivity index (χ0) is 15.4. The Morgan fingerprint density at radius 2 is 2.33 bits per heavy atom. The van der Waals surface area contributed by atoms with Crippen LogP contribution in [0.1, 0.15) is 18.5 Å². The summed E-state index contributed by atoms with van der Waals surface area (Å²) in [7, 11) is 0. The largest absolute Gasteiger partial charge is 0.373 e. The third-order valence-corrected chi connectivity index (χ3v) is 3.23. The molecule has 1 N–H and O–H groups in total. The van der Waals surface area contributed by atoms with E-state index >= 15 is 0 Å². The highest BCUT2D eigenvalue weighted by Crippen LogP contribution is 2.22. The van der Waals surface area contributed by atoms with Crippen LogP contribution < -0.4 is 10.9 Å². The molecular formula is C15H13ClFN3O. The van der Waals surface area contributed by atoms with E-state index in [1.807, 2.05) is 0 Å². The van der Waals surface area contributed by atoms with Gasteiger partial charge in [0.25, 0.3) is 5.56 Å². The Hall–Kier alpha value is -2.32. The van der Waals surface area contributed by atoms with E-state index in [9.17, 15) is 9.18 Å². The van der Waals surface area contributed by atoms with E-state index in [0.29, 0.717) is 5.56 Å². The second-order valence-corrected chi connectivity index (χ2v) is 4.86. The monoisotopic (exact) mass is 305 g/mol. The van der Waals surface area contributed by atoms with Gasteiger partial charge in [0.15, 0.2) is 0 Å². The van der Waals surface area contributed by atoms with E-state index in [1.54, 1.807) is 19.1 Å². The predicted octanol–water partition coefficient (Wildman–Crippen LogP) is 2.84. The number of nitrogens with one attached hydrogen (secondary N) is 1. The van der Waals surface area contributed by atoms with Crippen LogP contribution in [-0.4, -0.2) is 9.78 Å². The van der Waals surface area contributed by atoms with Gasteiger partial charge in [0.1, 0.15) is 18.0 Å². The number of hydrogen-bond acceptors (Lipinski definition) is 3. The highest BCUT2D eigenvalue weighted by atomic mass is 35.5. The molecular weight excluding hydrogens is 293 g/mol. The fourth-order valence-electron chi connectivity index (χ4n) is 1.87. The van der Waals surface area contributed by atoms with Crippen LogP contribution in [-0.2, 0) is 6.54 Å². The summed E-state index contributed by atoms with van der Waals surface area (Å²) in [6.07, 6.45) is 6.53. The van der Waals surface area contributed by atoms with Crippen LogP contribution in [0.5, 0.6) is 0 Å². The minimum atomic E-state index is -0.413. The summed E-state index contributed by atoms with van der Waals surface area (Å²) in [6.45, 7) is 1.86. The minimum Gasteiger partial charge on any atom is -0.373 e. The molecule has 2 aromatic rings. The average Bonchev–Trinajstić information content (AvgIpc) is 2.46. The van der Waals surface area contributed by atoms with Crippen LogP contribution in [0.25, 0.3) is 0 Å². The Bertz CT molecular complexity index is 751. The van der Waals surface area contributed by atoms with Gasteiger partial charge in [0.05, 0.1) is 11.2 Å². The van der Waals surface area contributed by atoms with Crippen molar-refractivity contribution in [2.45, 2.75) is 19.5 Å². The molecule has 4 nitrogen and oxygen atoms in total. The van der Waals surface area contributed by atoms with Gasteiger partial charge in [-0.2, -0.15) is 5.10 Å². The quantitative estimate of drug-likeness (QED) is 0.884. The fraction of sp³-hybridized carbons (Fsp3) is 0.200. The number of nitrogens with zero attached hydrogens (tertiary/aromatic N) is 2. The minimum absolute atomic E-state index is 0.0546. The first-order valence-electron chi connectivity index (χ1n) is 6.24. The lowest BCUT2D eigenvalue weighted by Gasteiger charge is -2.16. The number of rotatable bonds is 4. The van der Waals surface area contributed by atoms with Gasteiger partial charge in [0, 0.05) is 6.04 Å². The second-order valence-electron chi connectivity index (χ2n) is 4.46. The predicted molar refractivity (Wildman–Crippen MR) is 80.8 cm³/mol. The molecule has 1 unspecified atom stereocenters. The van der Waals surface area contributed by atoms with Gasteiger partial charge in [-0.05, 0) is 24.6 Å². The van der Waals surface area contributed by atoms with E-state index in [1.165, 1.54) is 18.3 Å². The standard InChI is InChI=1S/C15H13ClFN3O/c1-3-7-20-15(21)14(13(16)9-18-20)19-10(2)11-5-4-6-12(17)8-11/h1,4-6,8-10,19H,7H2,2H3. The topological polar surface area (TPSA) is 46.9 Å². The smallest absolute Gasteiger partial charge is 0.292 e. The number of hydrogen-bond donors (Lipinski definition) is 1. The molecule has 0 aliphatic heterocycles. The van der Waals surface area contributed by atoms with Crippen molar-refractivity contribution in [3.8, 4) is 12.3 Å². The maximum Gasteiger partial charge on any atom is 0.292 e. The van der Waals surface area contributed by atoms with Crippen LogP contribution in [0.15, 0.2) is 35.3 Å². The number of aromatic nitrogens is 2. The average molecular weight is 306 g/mol. The lowest BCUT2D eigenvalue weighted by Crippen LogP contribution is -2.26. The zero-order valence-corrected chi connectivity index (χ0v) is 12.1. The summed E-state index contributed by atoms with van der Waals surface area (Å²) in [6, 6.07) is 5.82. The second kappa shape index (κ2) is 6.42. The Balaban J connectivity index is 2.33. The van der Waals surface area contributed by atoms with Crippen molar-refractivity contribution < 1.29 is 4.39 Å². The Morgan fingerprint density at radius 3 is 3.00 bits per heavy atom. The SMILES string of the molecule is C#CCn1ncc(Cl)c(NC(C)c2cccc(F)c2)c1=O. The molecule has 1 aromatic carbocycles. The summed E-state index contributed by atoms with van der Waals surface area (Å²) in [5.74, 6) is 2.00. The van der Waals surface area contributed by atoms with Crippen LogP contribution >= 0.6 is 11.6 Å². The molecule has 0 radical (unpaired) electrons. The van der Waals surface area contributed by atoms with Gasteiger partial charge in [0.2, 0.25) is 0 Å². The molecule has 6 heteroatoms. The first-order valence-corrected chi connectivity index (χ1v) is 6.62. The maximum atomic E-state index is 13.2. The van der Waals surface area contributed by atoms with Crippen molar-refractivity contribution in [1.82, 2.24) is 9.78 Å². The molecule has 0 amide bonds. The lowest BCUT2D eigenvalue weighted by atomic mass is 10.1. The van der Waals surface area contributed by atoms with Crippen LogP contribution in [0.3, 0.4) is 0 Å². The molecule has 0 saturated carbocycles. The van der Waals surface area contributed by atoms with Crippen molar-refractivity contribution in [1.29, 1.82) is 0 Å². The summed E-state index contributed by atoms with van der Waals surface area (Å²) in [5.41, 5.74) is 0.480. The molecule has 1 aromatic heterocycles. The normalized spacial score (nSPS) is 11.7. The van der Waals surface area contributed by atoms with Crippen molar-refractivity contribution in [2.24, 2.45) is 0 Å². The number of benzene rings is 1. The molecule has 0 spiro atoms. The number of terminal acetylenes is 1. The molecule has 0 fully saturated rings. The number of halogens is 2. The summed E-state index contributed by atoms with van der Waals surface area (Å²) >= 11 is 6.00. The molecule has 2 rings (SSSR count). The number of anilines is 1. The summed E-state index contributed by atoms with van der Waals surface area (Å²) in [4.78, 5) is 12.2. The van der Waals surface area contributed by atoms with Gasteiger partial charge >= 0.3 is 0 Å². The van der Waals surface area contributed by atoms with Gasteiger partial charge in [-0.3, -0.25) is 4.79 Å². The van der Waals surface area contributed by atoms with Crippen molar-refractivity contribution in [2.75, 3.05) is 5.32 Å². The highest BCUT2D eigenvalue weighted by molar-refractivity contribution is 6.33. The van der Waals surface area contributed by atoms with Gasteiger partial charge in [-0.1, -0.05) is 29.7 Å². The van der Waals surface area contributed by atoms with Gasteiger partial charge < -0.3 is 5.32 Å². The zero-order valence-electron chi connectivity index (χ0n) is 11.3. The molecule has 0 bridgehead atoms. The van der Waals surface area contributed by atoms with Crippen molar-refractivity contribution in [3.05, 3.63) is 57.2 Å². The van der Waals surface area contributed by atoms with E-state index in [-0.39, 0.29) is 29.1 Å². The first kappa shape index (κ1) is 15.1. The highest BCUT2D eigenvalue weighted by Gasteiger charge is 2.13. The first-order chi connectivity index (χ1) is 10.0. The Morgan fingerprint density at radius 1 is 1.57 bits per heavy atom. The maximum absolute atomic E-state index is 13.2. The third kappa shape index (κ3) is 3.41. The van der Waals surface area contributed by atoms with Crippen molar-refractivity contribution in [3.63, 3.8) is 0 Å². The third-order valence-electron chi connectivity index (χ3n) is 2.95. The Labute approximate surface area is 126 Å². The van der Waals surface area contributed by atoms with Crippen LogP contribution in [0.2, 0.25) is 5.02 Å². The van der Waals surface area contributed by atoms with E-state index in [2.05, 4.69) is 16.3 Å². The molecule has 108 valence electrons. The molecule has 0 saturated heterocycles.